The lowest BCUT2D eigenvalue weighted by Gasteiger charge is -2.36. The Labute approximate surface area is 98.8 Å². The van der Waals surface area contributed by atoms with E-state index >= 15 is 0 Å². The van der Waals surface area contributed by atoms with Gasteiger partial charge in [0.05, 0.1) is 13.2 Å². The second-order valence-electron chi connectivity index (χ2n) is 4.26. The van der Waals surface area contributed by atoms with Crippen molar-refractivity contribution in [1.82, 2.24) is 10.1 Å². The molecule has 6 nitrogen and oxygen atoms in total. The minimum atomic E-state index is -1.09. The number of nitrogens with zero attached hydrogens (tertiary/aromatic N) is 2. The van der Waals surface area contributed by atoms with Crippen LogP contribution >= 0.6 is 0 Å². The van der Waals surface area contributed by atoms with E-state index in [1.165, 1.54) is 12.5 Å². The summed E-state index contributed by atoms with van der Waals surface area (Å²) in [6, 6.07) is 1.91. The van der Waals surface area contributed by atoms with Gasteiger partial charge in [-0.25, -0.2) is 4.79 Å². The van der Waals surface area contributed by atoms with Crippen molar-refractivity contribution in [3.63, 3.8) is 0 Å². The van der Waals surface area contributed by atoms with Crippen molar-refractivity contribution < 1.29 is 19.5 Å². The van der Waals surface area contributed by atoms with Crippen molar-refractivity contribution in [2.75, 3.05) is 13.2 Å². The smallest absolute Gasteiger partial charge is 0.358 e. The van der Waals surface area contributed by atoms with E-state index in [9.17, 15) is 4.79 Å². The van der Waals surface area contributed by atoms with Crippen LogP contribution in [0.3, 0.4) is 0 Å². The maximum atomic E-state index is 10.7. The first kappa shape index (κ1) is 12.1. The Kier molecular flexibility index (Phi) is 3.75. The molecule has 1 aliphatic rings. The summed E-state index contributed by atoms with van der Waals surface area (Å²) in [6.07, 6.45) is 3.46. The number of carboxylic acid groups (broad SMARTS) is 1. The van der Waals surface area contributed by atoms with Crippen LogP contribution in [0.4, 0.5) is 0 Å². The predicted molar refractivity (Wildman–Crippen MR) is 58.6 cm³/mol. The molecule has 1 aliphatic carbocycles. The quantitative estimate of drug-likeness (QED) is 0.761. The summed E-state index contributed by atoms with van der Waals surface area (Å²) in [5.41, 5.74) is -0.0717. The number of aromatic nitrogens is 1. The lowest BCUT2D eigenvalue weighted by atomic mass is 9.91. The Bertz CT molecular complexity index is 387. The van der Waals surface area contributed by atoms with Crippen LogP contribution in [-0.4, -0.2) is 45.4 Å². The van der Waals surface area contributed by atoms with Crippen molar-refractivity contribution in [2.45, 2.75) is 31.8 Å². The summed E-state index contributed by atoms with van der Waals surface area (Å²) in [5.74, 6) is -0.555. The SMILES string of the molecule is O=C(O)c1cc(CN(CCO)C2CCC2)on1. The van der Waals surface area contributed by atoms with Gasteiger partial charge in [0.15, 0.2) is 11.5 Å². The van der Waals surface area contributed by atoms with E-state index in [2.05, 4.69) is 10.1 Å². The van der Waals surface area contributed by atoms with Crippen molar-refractivity contribution in [1.29, 1.82) is 0 Å². The van der Waals surface area contributed by atoms with Crippen LogP contribution in [0.15, 0.2) is 10.6 Å². The Hall–Kier alpha value is -1.40. The van der Waals surface area contributed by atoms with Crippen molar-refractivity contribution in [3.8, 4) is 0 Å². The van der Waals surface area contributed by atoms with E-state index in [4.69, 9.17) is 14.7 Å². The molecule has 0 radical (unpaired) electrons. The molecule has 2 rings (SSSR count). The molecule has 0 spiro atoms. The summed E-state index contributed by atoms with van der Waals surface area (Å²) >= 11 is 0. The highest BCUT2D eigenvalue weighted by atomic mass is 16.5. The number of carbonyl (C=O) groups is 1. The molecule has 1 aromatic rings. The van der Waals surface area contributed by atoms with Crippen molar-refractivity contribution >= 4 is 5.97 Å². The second-order valence-corrected chi connectivity index (χ2v) is 4.26. The Balaban J connectivity index is 1.98. The molecule has 0 unspecified atom stereocenters. The first-order valence-corrected chi connectivity index (χ1v) is 5.74. The van der Waals surface area contributed by atoms with Gasteiger partial charge < -0.3 is 14.7 Å². The molecule has 1 fully saturated rings. The zero-order chi connectivity index (χ0) is 12.3. The molecule has 0 bridgehead atoms. The van der Waals surface area contributed by atoms with Gasteiger partial charge in [0.1, 0.15) is 0 Å². The fourth-order valence-corrected chi connectivity index (χ4v) is 1.96. The predicted octanol–water partition coefficient (Wildman–Crippen LogP) is 0.720. The van der Waals surface area contributed by atoms with Crippen LogP contribution in [0.2, 0.25) is 0 Å². The number of hydrogen-bond donors (Lipinski definition) is 2. The summed E-state index contributed by atoms with van der Waals surface area (Å²) in [6.45, 7) is 1.18. The van der Waals surface area contributed by atoms with Gasteiger partial charge in [-0.3, -0.25) is 4.90 Å². The Morgan fingerprint density at radius 2 is 2.35 bits per heavy atom. The van der Waals surface area contributed by atoms with Gasteiger partial charge >= 0.3 is 5.97 Å². The minimum absolute atomic E-state index is 0.0717. The van der Waals surface area contributed by atoms with Crippen LogP contribution in [-0.2, 0) is 6.54 Å². The standard InChI is InChI=1S/C11H16N2O4/c14-5-4-13(8-2-1-3-8)7-9-6-10(11(15)16)12-17-9/h6,8,14H,1-5,7H2,(H,15,16). The zero-order valence-corrected chi connectivity index (χ0v) is 9.50. The highest BCUT2D eigenvalue weighted by molar-refractivity contribution is 5.85. The molecule has 2 N–H and O–H groups in total. The van der Waals surface area contributed by atoms with Gasteiger partial charge in [-0.2, -0.15) is 0 Å². The van der Waals surface area contributed by atoms with E-state index in [0.717, 1.165) is 12.8 Å². The molecular formula is C11H16N2O4. The number of carboxylic acids is 1. The van der Waals surface area contributed by atoms with Crippen molar-refractivity contribution in [2.24, 2.45) is 0 Å². The molecule has 1 aromatic heterocycles. The van der Waals surface area contributed by atoms with E-state index < -0.39 is 5.97 Å². The molecule has 1 saturated carbocycles. The first-order chi connectivity index (χ1) is 8.20. The zero-order valence-electron chi connectivity index (χ0n) is 9.50. The lowest BCUT2D eigenvalue weighted by Crippen LogP contribution is -2.41. The van der Waals surface area contributed by atoms with Crippen LogP contribution in [0.25, 0.3) is 0 Å². The number of aromatic carboxylic acids is 1. The fourth-order valence-electron chi connectivity index (χ4n) is 1.96. The third-order valence-corrected chi connectivity index (χ3v) is 3.12. The fraction of sp³-hybridized carbons (Fsp3) is 0.636. The monoisotopic (exact) mass is 240 g/mol. The molecular weight excluding hydrogens is 224 g/mol. The largest absolute Gasteiger partial charge is 0.476 e. The van der Waals surface area contributed by atoms with Gasteiger partial charge in [-0.1, -0.05) is 11.6 Å². The van der Waals surface area contributed by atoms with Gasteiger partial charge in [-0.15, -0.1) is 0 Å². The molecule has 0 aromatic carbocycles. The maximum absolute atomic E-state index is 10.7. The number of rotatable bonds is 6. The van der Waals surface area contributed by atoms with E-state index in [-0.39, 0.29) is 12.3 Å². The lowest BCUT2D eigenvalue weighted by molar-refractivity contribution is 0.0684. The molecule has 17 heavy (non-hydrogen) atoms. The highest BCUT2D eigenvalue weighted by Gasteiger charge is 2.25. The maximum Gasteiger partial charge on any atom is 0.358 e. The van der Waals surface area contributed by atoms with E-state index in [1.807, 2.05) is 0 Å². The number of aliphatic hydroxyl groups is 1. The molecule has 0 saturated heterocycles. The van der Waals surface area contributed by atoms with E-state index in [1.54, 1.807) is 0 Å². The Morgan fingerprint density at radius 3 is 2.82 bits per heavy atom. The molecule has 0 aliphatic heterocycles. The van der Waals surface area contributed by atoms with Crippen molar-refractivity contribution in [3.05, 3.63) is 17.5 Å². The normalized spacial score (nSPS) is 16.1. The molecule has 0 atom stereocenters. The molecule has 0 amide bonds. The second kappa shape index (κ2) is 5.29. The van der Waals surface area contributed by atoms with Gasteiger partial charge in [0.2, 0.25) is 0 Å². The minimum Gasteiger partial charge on any atom is -0.476 e. The average Bonchev–Trinajstić information content (AvgIpc) is 2.64. The summed E-state index contributed by atoms with van der Waals surface area (Å²) < 4.78 is 4.97. The van der Waals surface area contributed by atoms with Crippen LogP contribution < -0.4 is 0 Å². The summed E-state index contributed by atoms with van der Waals surface area (Å²) in [5, 5.41) is 21.2. The van der Waals surface area contributed by atoms with Gasteiger partial charge in [0.25, 0.3) is 0 Å². The number of hydrogen-bond acceptors (Lipinski definition) is 5. The summed E-state index contributed by atoms with van der Waals surface area (Å²) in [7, 11) is 0. The van der Waals surface area contributed by atoms with E-state index in [0.29, 0.717) is 24.9 Å². The average molecular weight is 240 g/mol. The molecule has 1 heterocycles. The molecule has 94 valence electrons. The first-order valence-electron chi connectivity index (χ1n) is 5.74. The molecule has 6 heteroatoms. The highest BCUT2D eigenvalue weighted by Crippen LogP contribution is 2.26. The van der Waals surface area contributed by atoms with Crippen LogP contribution in [0.5, 0.6) is 0 Å². The summed E-state index contributed by atoms with van der Waals surface area (Å²) in [4.78, 5) is 12.8. The topological polar surface area (TPSA) is 86.8 Å². The Morgan fingerprint density at radius 1 is 1.59 bits per heavy atom. The van der Waals surface area contributed by atoms with Gasteiger partial charge in [0, 0.05) is 18.7 Å². The van der Waals surface area contributed by atoms with Gasteiger partial charge in [-0.05, 0) is 12.8 Å². The van der Waals surface area contributed by atoms with Crippen LogP contribution in [0.1, 0.15) is 35.5 Å². The third-order valence-electron chi connectivity index (χ3n) is 3.12. The number of aliphatic hydroxyl groups excluding tert-OH is 1. The van der Waals surface area contributed by atoms with Crippen LogP contribution in [0, 0.1) is 0 Å². The third kappa shape index (κ3) is 2.83.